The van der Waals surface area contributed by atoms with E-state index < -0.39 is 5.91 Å². The van der Waals surface area contributed by atoms with E-state index in [4.69, 9.17) is 21.1 Å². The van der Waals surface area contributed by atoms with Crippen LogP contribution in [0.3, 0.4) is 0 Å². The number of pyridine rings is 1. The second-order valence-electron chi connectivity index (χ2n) is 6.54. The van der Waals surface area contributed by atoms with Crippen LogP contribution in [0.1, 0.15) is 16.1 Å². The average molecular weight is 423 g/mol. The predicted octanol–water partition coefficient (Wildman–Crippen LogP) is 4.65. The van der Waals surface area contributed by atoms with E-state index in [1.54, 1.807) is 30.0 Å². The summed E-state index contributed by atoms with van der Waals surface area (Å²) < 4.78 is 12.2. The van der Waals surface area contributed by atoms with Gasteiger partial charge in [-0.2, -0.15) is 5.10 Å². The summed E-state index contributed by atoms with van der Waals surface area (Å²) in [4.78, 5) is 17.4. The number of benzene rings is 2. The molecule has 1 N–H and O–H groups in total. The summed E-state index contributed by atoms with van der Waals surface area (Å²) in [7, 11) is 3.08. The number of hydrogen-bond acceptors (Lipinski definition) is 5. The van der Waals surface area contributed by atoms with Gasteiger partial charge in [0.1, 0.15) is 11.5 Å². The first-order valence-electron chi connectivity index (χ1n) is 9.16. The molecule has 0 saturated carbocycles. The van der Waals surface area contributed by atoms with Gasteiger partial charge in [0.25, 0.3) is 5.91 Å². The second-order valence-corrected chi connectivity index (χ2v) is 6.92. The van der Waals surface area contributed by atoms with Gasteiger partial charge in [-0.1, -0.05) is 29.8 Å². The van der Waals surface area contributed by atoms with E-state index in [2.05, 4.69) is 15.4 Å². The predicted molar refractivity (Wildman–Crippen MR) is 116 cm³/mol. The van der Waals surface area contributed by atoms with Crippen molar-refractivity contribution in [3.63, 3.8) is 0 Å². The van der Waals surface area contributed by atoms with Crippen LogP contribution in [0, 0.1) is 6.92 Å². The third-order valence-corrected chi connectivity index (χ3v) is 5.10. The number of hydrogen-bond donors (Lipinski definition) is 1. The van der Waals surface area contributed by atoms with Gasteiger partial charge in [-0.15, -0.1) is 0 Å². The first-order valence-corrected chi connectivity index (χ1v) is 9.54. The zero-order chi connectivity index (χ0) is 21.3. The fourth-order valence-electron chi connectivity index (χ4n) is 3.21. The number of aryl methyl sites for hydroxylation is 1. The highest BCUT2D eigenvalue weighted by Crippen LogP contribution is 2.32. The maximum Gasteiger partial charge on any atom is 0.258 e. The van der Waals surface area contributed by atoms with Crippen LogP contribution in [0.25, 0.3) is 16.7 Å². The summed E-state index contributed by atoms with van der Waals surface area (Å²) in [5.41, 5.74) is 2.87. The molecular weight excluding hydrogens is 404 g/mol. The first kappa shape index (κ1) is 19.7. The van der Waals surface area contributed by atoms with Crippen LogP contribution in [0.2, 0.25) is 5.02 Å². The lowest BCUT2D eigenvalue weighted by molar-refractivity contribution is 0.102. The molecule has 0 radical (unpaired) electrons. The van der Waals surface area contributed by atoms with Crippen LogP contribution in [0.4, 0.5) is 5.69 Å². The molecule has 30 heavy (non-hydrogen) atoms. The van der Waals surface area contributed by atoms with Crippen molar-refractivity contribution in [2.75, 3.05) is 19.5 Å². The average Bonchev–Trinajstić information content (AvgIpc) is 3.12. The molecule has 2 aromatic carbocycles. The van der Waals surface area contributed by atoms with Gasteiger partial charge in [0, 0.05) is 12.3 Å². The number of para-hydroxylation sites is 1. The zero-order valence-corrected chi connectivity index (χ0v) is 17.4. The molecule has 0 bridgehead atoms. The second kappa shape index (κ2) is 8.04. The summed E-state index contributed by atoms with van der Waals surface area (Å²) in [6.07, 6.45) is 1.45. The van der Waals surface area contributed by atoms with E-state index in [1.165, 1.54) is 13.3 Å². The molecule has 1 amide bonds. The first-order chi connectivity index (χ1) is 14.5. The summed E-state index contributed by atoms with van der Waals surface area (Å²) in [6, 6.07) is 14.7. The Morgan fingerprint density at radius 2 is 1.87 bits per heavy atom. The number of ether oxygens (including phenoxy) is 2. The molecule has 152 valence electrons. The number of nitrogens with zero attached hydrogens (tertiary/aromatic N) is 3. The molecule has 0 aliphatic carbocycles. The van der Waals surface area contributed by atoms with Crippen LogP contribution < -0.4 is 14.8 Å². The highest BCUT2D eigenvalue weighted by atomic mass is 35.5. The molecule has 0 atom stereocenters. The molecule has 8 heteroatoms. The Kier molecular flexibility index (Phi) is 5.29. The smallest absolute Gasteiger partial charge is 0.258 e. The van der Waals surface area contributed by atoms with Crippen LogP contribution in [0.5, 0.6) is 11.5 Å². The normalized spacial score (nSPS) is 10.8. The van der Waals surface area contributed by atoms with Gasteiger partial charge < -0.3 is 14.8 Å². The van der Waals surface area contributed by atoms with Gasteiger partial charge >= 0.3 is 0 Å². The lowest BCUT2D eigenvalue weighted by Crippen LogP contribution is -2.14. The monoisotopic (exact) mass is 422 g/mol. The SMILES string of the molecule is COc1ccc(NC(=O)c2cnc3c(c(C)nn3-c3ccccc3)c2Cl)c(OC)c1. The molecule has 4 rings (SSSR count). The van der Waals surface area contributed by atoms with Crippen molar-refractivity contribution in [1.82, 2.24) is 14.8 Å². The quantitative estimate of drug-likeness (QED) is 0.506. The van der Waals surface area contributed by atoms with E-state index in [9.17, 15) is 4.79 Å². The molecule has 4 aromatic rings. The Morgan fingerprint density at radius 1 is 1.10 bits per heavy atom. The van der Waals surface area contributed by atoms with E-state index in [-0.39, 0.29) is 5.56 Å². The largest absolute Gasteiger partial charge is 0.497 e. The van der Waals surface area contributed by atoms with Crippen molar-refractivity contribution >= 4 is 34.2 Å². The summed E-state index contributed by atoms with van der Waals surface area (Å²) in [6.45, 7) is 1.84. The fourth-order valence-corrected chi connectivity index (χ4v) is 3.56. The van der Waals surface area contributed by atoms with Gasteiger partial charge in [0.05, 0.1) is 47.3 Å². The molecule has 0 fully saturated rings. The van der Waals surface area contributed by atoms with Crippen LogP contribution in [-0.4, -0.2) is 34.9 Å². The van der Waals surface area contributed by atoms with Crippen LogP contribution >= 0.6 is 11.6 Å². The highest BCUT2D eigenvalue weighted by molar-refractivity contribution is 6.39. The fraction of sp³-hybridized carbons (Fsp3) is 0.136. The van der Waals surface area contributed by atoms with Crippen molar-refractivity contribution < 1.29 is 14.3 Å². The maximum absolute atomic E-state index is 12.9. The van der Waals surface area contributed by atoms with Gasteiger partial charge in [-0.25, -0.2) is 9.67 Å². The lowest BCUT2D eigenvalue weighted by Gasteiger charge is -2.12. The maximum atomic E-state index is 12.9. The van der Waals surface area contributed by atoms with Crippen molar-refractivity contribution in [1.29, 1.82) is 0 Å². The molecule has 2 heterocycles. The Bertz CT molecular complexity index is 1240. The molecule has 0 unspecified atom stereocenters. The third-order valence-electron chi connectivity index (χ3n) is 4.71. The Morgan fingerprint density at radius 3 is 2.57 bits per heavy atom. The van der Waals surface area contributed by atoms with E-state index in [1.807, 2.05) is 37.3 Å². The van der Waals surface area contributed by atoms with Crippen molar-refractivity contribution in [2.24, 2.45) is 0 Å². The van der Waals surface area contributed by atoms with Crippen LogP contribution in [0.15, 0.2) is 54.7 Å². The molecule has 0 aliphatic heterocycles. The molecule has 2 aromatic heterocycles. The van der Waals surface area contributed by atoms with Crippen molar-refractivity contribution in [3.05, 3.63) is 71.0 Å². The van der Waals surface area contributed by atoms with Gasteiger partial charge in [0.2, 0.25) is 0 Å². The van der Waals surface area contributed by atoms with Crippen molar-refractivity contribution in [3.8, 4) is 17.2 Å². The minimum Gasteiger partial charge on any atom is -0.497 e. The number of amides is 1. The number of rotatable bonds is 5. The lowest BCUT2D eigenvalue weighted by atomic mass is 10.2. The molecule has 0 spiro atoms. The molecular formula is C22H19ClN4O3. The number of aromatic nitrogens is 3. The Balaban J connectivity index is 1.73. The summed E-state index contributed by atoms with van der Waals surface area (Å²) in [5.74, 6) is 0.695. The van der Waals surface area contributed by atoms with E-state index in [0.29, 0.717) is 38.9 Å². The molecule has 0 saturated heterocycles. The van der Waals surface area contributed by atoms with Gasteiger partial charge in [-0.3, -0.25) is 4.79 Å². The number of carbonyl (C=O) groups excluding carboxylic acids is 1. The number of fused-ring (bicyclic) bond motifs is 1. The third kappa shape index (κ3) is 3.44. The van der Waals surface area contributed by atoms with Gasteiger partial charge in [-0.05, 0) is 31.2 Å². The number of methoxy groups -OCH3 is 2. The van der Waals surface area contributed by atoms with Crippen LogP contribution in [-0.2, 0) is 0 Å². The Hall–Kier alpha value is -3.58. The summed E-state index contributed by atoms with van der Waals surface area (Å²) >= 11 is 6.62. The summed E-state index contributed by atoms with van der Waals surface area (Å²) in [5, 5.41) is 8.31. The minimum atomic E-state index is -0.398. The standard InChI is InChI=1S/C22H19ClN4O3/c1-13-19-20(23)16(12-24-21(19)27(26-13)14-7-5-4-6-8-14)22(28)25-17-10-9-15(29-2)11-18(17)30-3/h4-12H,1-3H3,(H,25,28). The van der Waals surface area contributed by atoms with Crippen molar-refractivity contribution in [2.45, 2.75) is 6.92 Å². The van der Waals surface area contributed by atoms with Gasteiger partial charge in [0.15, 0.2) is 5.65 Å². The number of nitrogens with one attached hydrogen (secondary N) is 1. The Labute approximate surface area is 178 Å². The topological polar surface area (TPSA) is 78.3 Å². The van der Waals surface area contributed by atoms with E-state index >= 15 is 0 Å². The molecule has 7 nitrogen and oxygen atoms in total. The number of anilines is 1. The molecule has 0 aliphatic rings. The zero-order valence-electron chi connectivity index (χ0n) is 16.6. The number of halogens is 1. The van der Waals surface area contributed by atoms with E-state index in [0.717, 1.165) is 5.69 Å². The minimum absolute atomic E-state index is 0.248. The number of carbonyl (C=O) groups is 1. The highest BCUT2D eigenvalue weighted by Gasteiger charge is 2.21.